The van der Waals surface area contributed by atoms with E-state index in [-0.39, 0.29) is 11.8 Å². The number of hydrogen-bond acceptors (Lipinski definition) is 6. The van der Waals surface area contributed by atoms with Gasteiger partial charge in [-0.25, -0.2) is 4.98 Å². The summed E-state index contributed by atoms with van der Waals surface area (Å²) in [5, 5.41) is 5.18. The molecule has 0 unspecified atom stereocenters. The van der Waals surface area contributed by atoms with Crippen LogP contribution in [0.15, 0.2) is 34.4 Å². The Labute approximate surface area is 131 Å². The van der Waals surface area contributed by atoms with Crippen LogP contribution in [0.3, 0.4) is 0 Å². The summed E-state index contributed by atoms with van der Waals surface area (Å²) >= 11 is 1.39. The number of piperazine rings is 1. The first-order chi connectivity index (χ1) is 10.7. The third-order valence-electron chi connectivity index (χ3n) is 3.44. The maximum absolute atomic E-state index is 12.1. The Hall–Kier alpha value is -2.19. The maximum Gasteiger partial charge on any atom is 0.289 e. The van der Waals surface area contributed by atoms with E-state index in [9.17, 15) is 9.59 Å². The zero-order valence-electron chi connectivity index (χ0n) is 11.9. The second-order valence-electron chi connectivity index (χ2n) is 4.93. The van der Waals surface area contributed by atoms with Gasteiger partial charge in [-0.2, -0.15) is 0 Å². The summed E-state index contributed by atoms with van der Waals surface area (Å²) in [6.45, 7) is 2.81. The van der Waals surface area contributed by atoms with Crippen LogP contribution in [0.1, 0.15) is 10.6 Å². The van der Waals surface area contributed by atoms with Gasteiger partial charge in [-0.15, -0.1) is 11.3 Å². The van der Waals surface area contributed by atoms with E-state index in [1.165, 1.54) is 17.6 Å². The number of rotatable bonds is 4. The summed E-state index contributed by atoms with van der Waals surface area (Å²) in [6, 6.07) is 3.36. The van der Waals surface area contributed by atoms with Crippen LogP contribution >= 0.6 is 11.3 Å². The molecule has 3 rings (SSSR count). The molecule has 3 heterocycles. The van der Waals surface area contributed by atoms with Gasteiger partial charge in [0, 0.05) is 37.8 Å². The molecule has 8 heteroatoms. The topological polar surface area (TPSA) is 78.7 Å². The molecular weight excluding hydrogens is 304 g/mol. The Balaban J connectivity index is 1.45. The Morgan fingerprint density at radius 1 is 1.32 bits per heavy atom. The highest BCUT2D eigenvalue weighted by atomic mass is 32.1. The largest absolute Gasteiger partial charge is 0.459 e. The summed E-state index contributed by atoms with van der Waals surface area (Å²) in [7, 11) is 0. The molecule has 0 saturated carbocycles. The molecular formula is C14H16N4O3S. The van der Waals surface area contributed by atoms with Crippen LogP contribution in [-0.4, -0.2) is 59.3 Å². The van der Waals surface area contributed by atoms with E-state index >= 15 is 0 Å². The number of carbonyl (C=O) groups is 2. The molecule has 0 spiro atoms. The SMILES string of the molecule is O=C(CN1CCN(C(=O)c2ccco2)CC1)Nc1nccs1. The fraction of sp³-hybridized carbons (Fsp3) is 0.357. The number of thiazole rings is 1. The molecule has 0 radical (unpaired) electrons. The fourth-order valence-corrected chi connectivity index (χ4v) is 2.86. The molecule has 2 aromatic rings. The molecule has 2 amide bonds. The number of hydrogen-bond donors (Lipinski definition) is 1. The smallest absolute Gasteiger partial charge is 0.289 e. The zero-order chi connectivity index (χ0) is 15.4. The lowest BCUT2D eigenvalue weighted by Crippen LogP contribution is -2.50. The number of furan rings is 1. The Bertz CT molecular complexity index is 619. The first kappa shape index (κ1) is 14.7. The molecule has 22 heavy (non-hydrogen) atoms. The van der Waals surface area contributed by atoms with Crippen molar-refractivity contribution in [2.75, 3.05) is 38.0 Å². The van der Waals surface area contributed by atoms with Crippen molar-refractivity contribution in [2.24, 2.45) is 0 Å². The van der Waals surface area contributed by atoms with Crippen molar-refractivity contribution < 1.29 is 14.0 Å². The summed E-state index contributed by atoms with van der Waals surface area (Å²) in [5.41, 5.74) is 0. The van der Waals surface area contributed by atoms with Gasteiger partial charge in [0.2, 0.25) is 5.91 Å². The second kappa shape index (κ2) is 6.71. The molecule has 1 aliphatic rings. The fourth-order valence-electron chi connectivity index (χ4n) is 2.31. The van der Waals surface area contributed by atoms with Gasteiger partial charge in [-0.3, -0.25) is 14.5 Å². The third-order valence-corrected chi connectivity index (χ3v) is 4.13. The number of amides is 2. The average molecular weight is 320 g/mol. The molecule has 1 saturated heterocycles. The Morgan fingerprint density at radius 2 is 2.14 bits per heavy atom. The highest BCUT2D eigenvalue weighted by molar-refractivity contribution is 7.13. The van der Waals surface area contributed by atoms with Gasteiger partial charge < -0.3 is 14.6 Å². The Kier molecular flexibility index (Phi) is 4.50. The number of anilines is 1. The van der Waals surface area contributed by atoms with Crippen LogP contribution in [0.25, 0.3) is 0 Å². The van der Waals surface area contributed by atoms with E-state index in [0.717, 1.165) is 0 Å². The molecule has 7 nitrogen and oxygen atoms in total. The monoisotopic (exact) mass is 320 g/mol. The van der Waals surface area contributed by atoms with E-state index < -0.39 is 0 Å². The molecule has 1 aliphatic heterocycles. The summed E-state index contributed by atoms with van der Waals surface area (Å²) in [5.74, 6) is 0.174. The van der Waals surface area contributed by atoms with E-state index in [4.69, 9.17) is 4.42 Å². The van der Waals surface area contributed by atoms with Gasteiger partial charge in [0.25, 0.3) is 5.91 Å². The van der Waals surface area contributed by atoms with E-state index in [1.807, 2.05) is 10.3 Å². The van der Waals surface area contributed by atoms with Crippen molar-refractivity contribution in [3.63, 3.8) is 0 Å². The molecule has 2 aromatic heterocycles. The van der Waals surface area contributed by atoms with Crippen LogP contribution in [0.5, 0.6) is 0 Å². The predicted molar refractivity (Wildman–Crippen MR) is 81.8 cm³/mol. The second-order valence-corrected chi connectivity index (χ2v) is 5.83. The summed E-state index contributed by atoms with van der Waals surface area (Å²) in [4.78, 5) is 31.8. The highest BCUT2D eigenvalue weighted by Crippen LogP contribution is 2.11. The van der Waals surface area contributed by atoms with Gasteiger partial charge >= 0.3 is 0 Å². The molecule has 116 valence electrons. The number of carbonyl (C=O) groups excluding carboxylic acids is 2. The minimum Gasteiger partial charge on any atom is -0.459 e. The standard InChI is InChI=1S/C14H16N4O3S/c19-12(16-14-15-3-9-22-14)10-17-4-6-18(7-5-17)13(20)11-2-1-8-21-11/h1-3,8-9H,4-7,10H2,(H,15,16,19). The van der Waals surface area contributed by atoms with E-state index in [1.54, 1.807) is 23.2 Å². The van der Waals surface area contributed by atoms with Gasteiger partial charge in [-0.05, 0) is 12.1 Å². The lowest BCUT2D eigenvalue weighted by atomic mass is 10.3. The van der Waals surface area contributed by atoms with Gasteiger partial charge in [0.15, 0.2) is 10.9 Å². The number of nitrogens with zero attached hydrogens (tertiary/aromatic N) is 3. The molecule has 1 fully saturated rings. The van der Waals surface area contributed by atoms with Gasteiger partial charge in [0.05, 0.1) is 12.8 Å². The summed E-state index contributed by atoms with van der Waals surface area (Å²) < 4.78 is 5.12. The van der Waals surface area contributed by atoms with E-state index in [0.29, 0.717) is 43.6 Å². The first-order valence-electron chi connectivity index (χ1n) is 6.97. The minimum absolute atomic E-state index is 0.0826. The van der Waals surface area contributed by atoms with Crippen LogP contribution in [-0.2, 0) is 4.79 Å². The van der Waals surface area contributed by atoms with Crippen molar-refractivity contribution in [1.82, 2.24) is 14.8 Å². The van der Waals surface area contributed by atoms with Crippen molar-refractivity contribution in [2.45, 2.75) is 0 Å². The van der Waals surface area contributed by atoms with Crippen molar-refractivity contribution in [3.8, 4) is 0 Å². The average Bonchev–Trinajstić information content (AvgIpc) is 3.20. The van der Waals surface area contributed by atoms with Crippen LogP contribution in [0.4, 0.5) is 5.13 Å². The molecule has 0 aliphatic carbocycles. The van der Waals surface area contributed by atoms with Crippen molar-refractivity contribution in [1.29, 1.82) is 0 Å². The molecule has 0 bridgehead atoms. The van der Waals surface area contributed by atoms with Gasteiger partial charge in [-0.1, -0.05) is 0 Å². The summed E-state index contributed by atoms with van der Waals surface area (Å²) in [6.07, 6.45) is 3.14. The number of aromatic nitrogens is 1. The first-order valence-corrected chi connectivity index (χ1v) is 7.85. The number of nitrogens with one attached hydrogen (secondary N) is 1. The normalized spacial score (nSPS) is 15.7. The Morgan fingerprint density at radius 3 is 2.77 bits per heavy atom. The molecule has 0 aromatic carbocycles. The van der Waals surface area contributed by atoms with Crippen LogP contribution < -0.4 is 5.32 Å². The lowest BCUT2D eigenvalue weighted by molar-refractivity contribution is -0.117. The minimum atomic E-state index is -0.100. The maximum atomic E-state index is 12.1. The predicted octanol–water partition coefficient (Wildman–Crippen LogP) is 1.13. The van der Waals surface area contributed by atoms with E-state index in [2.05, 4.69) is 10.3 Å². The quantitative estimate of drug-likeness (QED) is 0.914. The van der Waals surface area contributed by atoms with Crippen LogP contribution in [0, 0.1) is 0 Å². The molecule has 1 N–H and O–H groups in total. The lowest BCUT2D eigenvalue weighted by Gasteiger charge is -2.33. The van der Waals surface area contributed by atoms with Crippen molar-refractivity contribution in [3.05, 3.63) is 35.7 Å². The third kappa shape index (κ3) is 3.52. The van der Waals surface area contributed by atoms with Crippen LogP contribution in [0.2, 0.25) is 0 Å². The van der Waals surface area contributed by atoms with Crippen molar-refractivity contribution >= 4 is 28.3 Å². The van der Waals surface area contributed by atoms with Gasteiger partial charge in [0.1, 0.15) is 0 Å². The highest BCUT2D eigenvalue weighted by Gasteiger charge is 2.24. The zero-order valence-corrected chi connectivity index (χ0v) is 12.7. The molecule has 0 atom stereocenters.